The minimum Gasteiger partial charge on any atom is -0.268 e. The molecule has 0 aliphatic heterocycles. The van der Waals surface area contributed by atoms with Gasteiger partial charge in [0.25, 0.3) is 0 Å². The number of benzene rings is 2. The van der Waals surface area contributed by atoms with Gasteiger partial charge in [0.15, 0.2) is 0 Å². The molecule has 0 aliphatic carbocycles. The standard InChI is InChI=1S/C18H15ClF3N3O2S/c19-16-7-6-15(18(20,21)22)10-17(16)28(26,27)24-11-13-2-4-14(5-3-13)12-25-9-1-8-23-25/h1-10,24H,11-12H2. The first-order valence-corrected chi connectivity index (χ1v) is 9.93. The molecule has 0 spiro atoms. The van der Waals surface area contributed by atoms with E-state index < -0.39 is 26.7 Å². The van der Waals surface area contributed by atoms with Crippen molar-refractivity contribution in [2.24, 2.45) is 0 Å². The van der Waals surface area contributed by atoms with Gasteiger partial charge in [0.2, 0.25) is 10.0 Å². The van der Waals surface area contributed by atoms with Crippen molar-refractivity contribution in [2.45, 2.75) is 24.2 Å². The molecule has 0 unspecified atom stereocenters. The lowest BCUT2D eigenvalue weighted by Crippen LogP contribution is -2.24. The summed E-state index contributed by atoms with van der Waals surface area (Å²) in [5, 5.41) is 3.82. The number of sulfonamides is 1. The summed E-state index contributed by atoms with van der Waals surface area (Å²) in [6, 6.07) is 11.1. The smallest absolute Gasteiger partial charge is 0.268 e. The summed E-state index contributed by atoms with van der Waals surface area (Å²) in [5.74, 6) is 0. The summed E-state index contributed by atoms with van der Waals surface area (Å²) in [6.07, 6.45) is -1.18. The van der Waals surface area contributed by atoms with Crippen LogP contribution < -0.4 is 4.72 Å². The van der Waals surface area contributed by atoms with Crippen LogP contribution in [-0.2, 0) is 29.3 Å². The van der Waals surface area contributed by atoms with Crippen molar-refractivity contribution in [1.82, 2.24) is 14.5 Å². The molecule has 1 heterocycles. The number of nitrogens with zero attached hydrogens (tertiary/aromatic N) is 2. The summed E-state index contributed by atoms with van der Waals surface area (Å²) >= 11 is 5.81. The largest absolute Gasteiger partial charge is 0.416 e. The normalized spacial score (nSPS) is 12.3. The lowest BCUT2D eigenvalue weighted by Gasteiger charge is -2.12. The fraction of sp³-hybridized carbons (Fsp3) is 0.167. The summed E-state index contributed by atoms with van der Waals surface area (Å²) in [6.45, 7) is 0.482. The molecular formula is C18H15ClF3N3O2S. The first-order chi connectivity index (χ1) is 13.1. The van der Waals surface area contributed by atoms with E-state index in [9.17, 15) is 21.6 Å². The van der Waals surface area contributed by atoms with E-state index >= 15 is 0 Å². The van der Waals surface area contributed by atoms with E-state index in [1.54, 1.807) is 23.0 Å². The molecule has 0 saturated heterocycles. The molecule has 0 bridgehead atoms. The maximum absolute atomic E-state index is 12.8. The molecule has 0 atom stereocenters. The van der Waals surface area contributed by atoms with Crippen LogP contribution in [0.1, 0.15) is 16.7 Å². The number of rotatable bonds is 6. The zero-order chi connectivity index (χ0) is 20.4. The SMILES string of the molecule is O=S(=O)(NCc1ccc(Cn2cccn2)cc1)c1cc(C(F)(F)F)ccc1Cl. The van der Waals surface area contributed by atoms with E-state index in [4.69, 9.17) is 11.6 Å². The first-order valence-electron chi connectivity index (χ1n) is 8.07. The maximum Gasteiger partial charge on any atom is 0.416 e. The highest BCUT2D eigenvalue weighted by molar-refractivity contribution is 7.89. The Kier molecular flexibility index (Phi) is 5.78. The van der Waals surface area contributed by atoms with E-state index in [0.29, 0.717) is 18.2 Å². The van der Waals surface area contributed by atoms with Crippen molar-refractivity contribution < 1.29 is 21.6 Å². The molecule has 0 fully saturated rings. The predicted octanol–water partition coefficient (Wildman–Crippen LogP) is 4.08. The minimum absolute atomic E-state index is 0.0864. The quantitative estimate of drug-likeness (QED) is 0.642. The Morgan fingerprint density at radius 1 is 1.07 bits per heavy atom. The van der Waals surface area contributed by atoms with Gasteiger partial charge in [-0.25, -0.2) is 13.1 Å². The third kappa shape index (κ3) is 4.92. The number of alkyl halides is 3. The lowest BCUT2D eigenvalue weighted by molar-refractivity contribution is -0.137. The van der Waals surface area contributed by atoms with Gasteiger partial charge in [0, 0.05) is 18.9 Å². The van der Waals surface area contributed by atoms with Gasteiger partial charge in [0.05, 0.1) is 17.1 Å². The van der Waals surface area contributed by atoms with Crippen LogP contribution in [0.2, 0.25) is 5.02 Å². The molecule has 148 valence electrons. The molecule has 3 aromatic rings. The Hall–Kier alpha value is -2.36. The number of hydrogen-bond acceptors (Lipinski definition) is 3. The van der Waals surface area contributed by atoms with Crippen molar-refractivity contribution in [3.63, 3.8) is 0 Å². The lowest BCUT2D eigenvalue weighted by atomic mass is 10.1. The molecular weight excluding hydrogens is 415 g/mol. The molecule has 28 heavy (non-hydrogen) atoms. The summed E-state index contributed by atoms with van der Waals surface area (Å²) in [7, 11) is -4.22. The summed E-state index contributed by atoms with van der Waals surface area (Å²) < 4.78 is 67.4. The van der Waals surface area contributed by atoms with E-state index in [1.807, 2.05) is 24.4 Å². The molecule has 0 radical (unpaired) electrons. The molecule has 3 rings (SSSR count). The second kappa shape index (κ2) is 7.94. The fourth-order valence-electron chi connectivity index (χ4n) is 2.49. The number of aromatic nitrogens is 2. The van der Waals surface area contributed by atoms with Gasteiger partial charge >= 0.3 is 6.18 Å². The second-order valence-corrected chi connectivity index (χ2v) is 8.13. The van der Waals surface area contributed by atoms with Crippen LogP contribution in [0.5, 0.6) is 0 Å². The number of hydrogen-bond donors (Lipinski definition) is 1. The summed E-state index contributed by atoms with van der Waals surface area (Å²) in [5.41, 5.74) is 0.535. The highest BCUT2D eigenvalue weighted by atomic mass is 35.5. The van der Waals surface area contributed by atoms with Gasteiger partial charge in [-0.3, -0.25) is 4.68 Å². The second-order valence-electron chi connectivity index (χ2n) is 5.99. The fourth-order valence-corrected chi connectivity index (χ4v) is 4.03. The molecule has 0 aliphatic rings. The van der Waals surface area contributed by atoms with E-state index in [2.05, 4.69) is 9.82 Å². The van der Waals surface area contributed by atoms with Gasteiger partial charge < -0.3 is 0 Å². The van der Waals surface area contributed by atoms with Gasteiger partial charge in [-0.1, -0.05) is 35.9 Å². The molecule has 2 aromatic carbocycles. The van der Waals surface area contributed by atoms with Crippen LogP contribution in [0.4, 0.5) is 13.2 Å². The van der Waals surface area contributed by atoms with Crippen molar-refractivity contribution in [3.05, 3.63) is 82.6 Å². The van der Waals surface area contributed by atoms with Crippen LogP contribution in [-0.4, -0.2) is 18.2 Å². The molecule has 0 amide bonds. The van der Waals surface area contributed by atoms with Crippen LogP contribution in [0.15, 0.2) is 65.8 Å². The Morgan fingerprint density at radius 2 is 1.75 bits per heavy atom. The highest BCUT2D eigenvalue weighted by Crippen LogP contribution is 2.33. The molecule has 5 nitrogen and oxygen atoms in total. The van der Waals surface area contributed by atoms with Crippen LogP contribution >= 0.6 is 11.6 Å². The maximum atomic E-state index is 12.8. The van der Waals surface area contributed by atoms with Gasteiger partial charge in [0.1, 0.15) is 4.90 Å². The zero-order valence-electron chi connectivity index (χ0n) is 14.3. The van der Waals surface area contributed by atoms with Crippen LogP contribution in [0, 0.1) is 0 Å². The topological polar surface area (TPSA) is 64.0 Å². The molecule has 1 N–H and O–H groups in total. The average molecular weight is 430 g/mol. The van der Waals surface area contributed by atoms with Gasteiger partial charge in [-0.15, -0.1) is 0 Å². The van der Waals surface area contributed by atoms with Crippen molar-refractivity contribution >= 4 is 21.6 Å². The third-order valence-electron chi connectivity index (χ3n) is 3.94. The Morgan fingerprint density at radius 3 is 2.36 bits per heavy atom. The third-order valence-corrected chi connectivity index (χ3v) is 5.82. The van der Waals surface area contributed by atoms with Gasteiger partial charge in [-0.2, -0.15) is 18.3 Å². The summed E-state index contributed by atoms with van der Waals surface area (Å²) in [4.78, 5) is -0.612. The van der Waals surface area contributed by atoms with E-state index in [1.165, 1.54) is 0 Å². The van der Waals surface area contributed by atoms with E-state index in [0.717, 1.165) is 17.7 Å². The number of halogens is 4. The zero-order valence-corrected chi connectivity index (χ0v) is 15.9. The number of nitrogens with one attached hydrogen (secondary N) is 1. The Balaban J connectivity index is 1.71. The van der Waals surface area contributed by atoms with Gasteiger partial charge in [-0.05, 0) is 35.4 Å². The Labute approximate surface area is 164 Å². The van der Waals surface area contributed by atoms with E-state index in [-0.39, 0.29) is 11.6 Å². The molecule has 10 heteroatoms. The molecule has 0 saturated carbocycles. The van der Waals surface area contributed by atoms with Crippen LogP contribution in [0.3, 0.4) is 0 Å². The first kappa shape index (κ1) is 20.4. The van der Waals surface area contributed by atoms with Crippen molar-refractivity contribution in [1.29, 1.82) is 0 Å². The highest BCUT2D eigenvalue weighted by Gasteiger charge is 2.32. The van der Waals surface area contributed by atoms with Crippen molar-refractivity contribution in [3.8, 4) is 0 Å². The minimum atomic E-state index is -4.67. The average Bonchev–Trinajstić information content (AvgIpc) is 3.13. The molecule has 1 aromatic heterocycles. The van der Waals surface area contributed by atoms with Crippen molar-refractivity contribution in [2.75, 3.05) is 0 Å². The van der Waals surface area contributed by atoms with Crippen LogP contribution in [0.25, 0.3) is 0 Å². The monoisotopic (exact) mass is 429 g/mol. The Bertz CT molecular complexity index is 1050. The predicted molar refractivity (Wildman–Crippen MR) is 98.3 cm³/mol.